The van der Waals surface area contributed by atoms with E-state index in [0.717, 1.165) is 0 Å². The molecule has 2 N–H and O–H groups in total. The molecule has 70 valence electrons. The van der Waals surface area contributed by atoms with Crippen molar-refractivity contribution in [2.75, 3.05) is 13.2 Å². The van der Waals surface area contributed by atoms with Gasteiger partial charge in [-0.2, -0.15) is 0 Å². The third kappa shape index (κ3) is 2.72. The van der Waals surface area contributed by atoms with Crippen molar-refractivity contribution in [2.45, 2.75) is 0 Å². The molecule has 0 saturated carbocycles. The highest BCUT2D eigenvalue weighted by Gasteiger charge is 2.07. The van der Waals surface area contributed by atoms with Crippen molar-refractivity contribution in [1.82, 2.24) is 5.32 Å². The average Bonchev–Trinajstić information content (AvgIpc) is 2.15. The van der Waals surface area contributed by atoms with E-state index in [-0.39, 0.29) is 19.1 Å². The molecule has 1 aromatic carbocycles. The lowest BCUT2D eigenvalue weighted by Crippen LogP contribution is -2.26. The topological polar surface area (TPSA) is 49.3 Å². The van der Waals surface area contributed by atoms with Gasteiger partial charge in [-0.25, -0.2) is 0 Å². The normalized spacial score (nSPS) is 9.69. The lowest BCUT2D eigenvalue weighted by molar-refractivity contribution is 0.0945. The van der Waals surface area contributed by atoms with Crippen molar-refractivity contribution in [1.29, 1.82) is 0 Å². The van der Waals surface area contributed by atoms with Crippen LogP contribution in [0.2, 0.25) is 5.02 Å². The number of hydrogen-bond donors (Lipinski definition) is 2. The van der Waals surface area contributed by atoms with Crippen molar-refractivity contribution in [2.24, 2.45) is 0 Å². The van der Waals surface area contributed by atoms with E-state index in [9.17, 15) is 4.79 Å². The molecule has 0 aliphatic heterocycles. The molecule has 1 rings (SSSR count). The molecule has 0 aliphatic rings. The zero-order chi connectivity index (χ0) is 9.68. The van der Waals surface area contributed by atoms with Gasteiger partial charge < -0.3 is 10.4 Å². The first kappa shape index (κ1) is 10.0. The fourth-order valence-corrected chi connectivity index (χ4v) is 1.13. The number of rotatable bonds is 3. The Hall–Kier alpha value is -1.06. The summed E-state index contributed by atoms with van der Waals surface area (Å²) in [5.74, 6) is -0.264. The van der Waals surface area contributed by atoms with Gasteiger partial charge in [0.2, 0.25) is 0 Å². The molecule has 0 fully saturated rings. The smallest absolute Gasteiger partial charge is 0.252 e. The van der Waals surface area contributed by atoms with Gasteiger partial charge in [0.1, 0.15) is 0 Å². The largest absolute Gasteiger partial charge is 0.395 e. The summed E-state index contributed by atoms with van der Waals surface area (Å²) in [5.41, 5.74) is 0.428. The highest BCUT2D eigenvalue weighted by molar-refractivity contribution is 6.33. The van der Waals surface area contributed by atoms with E-state index in [1.54, 1.807) is 24.3 Å². The van der Waals surface area contributed by atoms with Gasteiger partial charge in [0, 0.05) is 6.54 Å². The number of halogens is 1. The lowest BCUT2D eigenvalue weighted by Gasteiger charge is -2.03. The van der Waals surface area contributed by atoms with Crippen LogP contribution in [0.5, 0.6) is 0 Å². The van der Waals surface area contributed by atoms with Gasteiger partial charge in [0.25, 0.3) is 5.91 Å². The van der Waals surface area contributed by atoms with Gasteiger partial charge in [-0.15, -0.1) is 0 Å². The van der Waals surface area contributed by atoms with Crippen LogP contribution in [0.4, 0.5) is 0 Å². The first-order valence-corrected chi connectivity index (χ1v) is 4.27. The second-order valence-corrected chi connectivity index (χ2v) is 2.87. The molecule has 0 heterocycles. The van der Waals surface area contributed by atoms with Crippen molar-refractivity contribution < 1.29 is 9.90 Å². The molecular formula is C9H10ClNO2. The number of aliphatic hydroxyl groups excluding tert-OH is 1. The van der Waals surface area contributed by atoms with Crippen molar-refractivity contribution in [3.63, 3.8) is 0 Å². The minimum atomic E-state index is -0.264. The molecule has 0 atom stereocenters. The van der Waals surface area contributed by atoms with Crippen LogP contribution in [-0.4, -0.2) is 24.2 Å². The highest BCUT2D eigenvalue weighted by atomic mass is 35.5. The summed E-state index contributed by atoms with van der Waals surface area (Å²) < 4.78 is 0. The molecule has 1 aromatic rings. The van der Waals surface area contributed by atoms with E-state index in [1.807, 2.05) is 0 Å². The standard InChI is InChI=1S/C9H10ClNO2/c10-8-4-2-1-3-7(8)9(13)11-5-6-12/h1-4,12H,5-6H2,(H,11,13). The van der Waals surface area contributed by atoms with Gasteiger partial charge in [-0.1, -0.05) is 23.7 Å². The highest BCUT2D eigenvalue weighted by Crippen LogP contribution is 2.14. The van der Waals surface area contributed by atoms with Crippen LogP contribution in [-0.2, 0) is 0 Å². The Morgan fingerprint density at radius 3 is 2.77 bits per heavy atom. The summed E-state index contributed by atoms with van der Waals surface area (Å²) in [4.78, 5) is 11.3. The molecule has 3 nitrogen and oxygen atoms in total. The number of amides is 1. The summed E-state index contributed by atoms with van der Waals surface area (Å²) in [6, 6.07) is 6.77. The minimum absolute atomic E-state index is 0.0732. The molecule has 0 aromatic heterocycles. The number of hydrogen-bond acceptors (Lipinski definition) is 2. The number of aliphatic hydroxyl groups is 1. The van der Waals surface area contributed by atoms with Crippen molar-refractivity contribution >= 4 is 17.5 Å². The number of carbonyl (C=O) groups is 1. The maximum atomic E-state index is 11.3. The lowest BCUT2D eigenvalue weighted by atomic mass is 10.2. The minimum Gasteiger partial charge on any atom is -0.395 e. The van der Waals surface area contributed by atoms with Crippen LogP contribution in [0.1, 0.15) is 10.4 Å². The molecule has 0 bridgehead atoms. The SMILES string of the molecule is O=C(NCCO)c1ccccc1Cl. The Morgan fingerprint density at radius 2 is 2.15 bits per heavy atom. The molecule has 0 saturated heterocycles. The molecule has 1 amide bonds. The summed E-state index contributed by atoms with van der Waals surface area (Å²) in [7, 11) is 0. The molecule has 0 radical (unpaired) electrons. The zero-order valence-electron chi connectivity index (χ0n) is 6.96. The molecule has 0 spiro atoms. The summed E-state index contributed by atoms with van der Waals surface area (Å²) in [5, 5.41) is 11.4. The second kappa shape index (κ2) is 4.84. The Kier molecular flexibility index (Phi) is 3.73. The fourth-order valence-electron chi connectivity index (χ4n) is 0.910. The van der Waals surface area contributed by atoms with Crippen LogP contribution in [0.15, 0.2) is 24.3 Å². The molecule has 0 unspecified atom stereocenters. The zero-order valence-corrected chi connectivity index (χ0v) is 7.71. The molecule has 0 aliphatic carbocycles. The monoisotopic (exact) mass is 199 g/mol. The number of nitrogens with one attached hydrogen (secondary N) is 1. The Balaban J connectivity index is 2.71. The Labute approximate surface area is 81.3 Å². The Bertz CT molecular complexity index is 301. The van der Waals surface area contributed by atoms with E-state index in [4.69, 9.17) is 16.7 Å². The van der Waals surface area contributed by atoms with Gasteiger partial charge >= 0.3 is 0 Å². The second-order valence-electron chi connectivity index (χ2n) is 2.46. The van der Waals surface area contributed by atoms with E-state index in [0.29, 0.717) is 10.6 Å². The van der Waals surface area contributed by atoms with Crippen LogP contribution in [0.25, 0.3) is 0 Å². The fraction of sp³-hybridized carbons (Fsp3) is 0.222. The van der Waals surface area contributed by atoms with Gasteiger partial charge in [0.15, 0.2) is 0 Å². The Morgan fingerprint density at radius 1 is 1.46 bits per heavy atom. The maximum Gasteiger partial charge on any atom is 0.252 e. The number of benzene rings is 1. The van der Waals surface area contributed by atoms with E-state index in [2.05, 4.69) is 5.32 Å². The molecule has 13 heavy (non-hydrogen) atoms. The predicted octanol–water partition coefficient (Wildman–Crippen LogP) is 1.06. The third-order valence-corrected chi connectivity index (χ3v) is 1.85. The maximum absolute atomic E-state index is 11.3. The third-order valence-electron chi connectivity index (χ3n) is 1.52. The predicted molar refractivity (Wildman–Crippen MR) is 50.9 cm³/mol. The van der Waals surface area contributed by atoms with Crippen molar-refractivity contribution in [3.8, 4) is 0 Å². The molecule has 4 heteroatoms. The van der Waals surface area contributed by atoms with Crippen LogP contribution in [0.3, 0.4) is 0 Å². The van der Waals surface area contributed by atoms with Gasteiger partial charge in [-0.05, 0) is 12.1 Å². The van der Waals surface area contributed by atoms with E-state index in [1.165, 1.54) is 0 Å². The van der Waals surface area contributed by atoms with Crippen LogP contribution in [0, 0.1) is 0 Å². The van der Waals surface area contributed by atoms with E-state index < -0.39 is 0 Å². The summed E-state index contributed by atoms with van der Waals surface area (Å²) in [6.45, 7) is 0.167. The van der Waals surface area contributed by atoms with Crippen molar-refractivity contribution in [3.05, 3.63) is 34.9 Å². The first-order valence-electron chi connectivity index (χ1n) is 3.89. The van der Waals surface area contributed by atoms with Gasteiger partial charge in [-0.3, -0.25) is 4.79 Å². The van der Waals surface area contributed by atoms with Gasteiger partial charge in [0.05, 0.1) is 17.2 Å². The molecular weight excluding hydrogens is 190 g/mol. The average molecular weight is 200 g/mol. The van der Waals surface area contributed by atoms with Crippen LogP contribution < -0.4 is 5.32 Å². The quantitative estimate of drug-likeness (QED) is 0.765. The first-order chi connectivity index (χ1) is 6.25. The van der Waals surface area contributed by atoms with E-state index >= 15 is 0 Å². The summed E-state index contributed by atoms with van der Waals surface area (Å²) >= 11 is 5.77. The summed E-state index contributed by atoms with van der Waals surface area (Å²) in [6.07, 6.45) is 0. The van der Waals surface area contributed by atoms with Crippen LogP contribution >= 0.6 is 11.6 Å². The number of carbonyl (C=O) groups excluding carboxylic acids is 1.